The van der Waals surface area contributed by atoms with Crippen molar-refractivity contribution in [1.82, 2.24) is 15.2 Å². The first-order chi connectivity index (χ1) is 10.9. The van der Waals surface area contributed by atoms with Crippen LogP contribution < -0.4 is 0 Å². The van der Waals surface area contributed by atoms with Gasteiger partial charge in [-0.15, -0.1) is 0 Å². The highest BCUT2D eigenvalue weighted by molar-refractivity contribution is 7.99. The number of benzene rings is 1. The molecule has 0 atom stereocenters. The summed E-state index contributed by atoms with van der Waals surface area (Å²) in [5.41, 5.74) is 2.90. The minimum absolute atomic E-state index is 0.0900. The van der Waals surface area contributed by atoms with Crippen LogP contribution in [0.2, 0.25) is 0 Å². The maximum absolute atomic E-state index is 13.2. The van der Waals surface area contributed by atoms with Crippen LogP contribution in [0, 0.1) is 6.92 Å². The first kappa shape index (κ1) is 15.7. The molecule has 0 aliphatic carbocycles. The Morgan fingerprint density at radius 3 is 2.43 bits per heavy atom. The van der Waals surface area contributed by atoms with Gasteiger partial charge in [0.25, 0.3) is 5.92 Å². The summed E-state index contributed by atoms with van der Waals surface area (Å²) in [5, 5.41) is 7.77. The summed E-state index contributed by atoms with van der Waals surface area (Å²) in [4.78, 5) is 5.01. The lowest BCUT2D eigenvalue weighted by atomic mass is 10.1. The van der Waals surface area contributed by atoms with Crippen molar-refractivity contribution < 1.29 is 8.78 Å². The molecule has 3 aromatic rings. The zero-order chi connectivity index (χ0) is 16.4. The average molecular weight is 331 g/mol. The van der Waals surface area contributed by atoms with Crippen LogP contribution in [0.5, 0.6) is 0 Å². The van der Waals surface area contributed by atoms with Crippen LogP contribution in [0.3, 0.4) is 0 Å². The molecule has 3 rings (SSSR count). The Morgan fingerprint density at radius 1 is 1.09 bits per heavy atom. The fourth-order valence-corrected chi connectivity index (χ4v) is 2.93. The Morgan fingerprint density at radius 2 is 1.83 bits per heavy atom. The molecule has 3 nitrogen and oxygen atoms in total. The second-order valence-corrected chi connectivity index (χ2v) is 6.40. The predicted octanol–water partition coefficient (Wildman–Crippen LogP) is 5.04. The van der Waals surface area contributed by atoms with Crippen LogP contribution in [-0.4, -0.2) is 15.2 Å². The van der Waals surface area contributed by atoms with E-state index in [1.54, 1.807) is 12.3 Å². The molecule has 0 aliphatic rings. The fraction of sp³-hybridized carbons (Fsp3) is 0.176. The van der Waals surface area contributed by atoms with Crippen molar-refractivity contribution in [2.24, 2.45) is 0 Å². The van der Waals surface area contributed by atoms with E-state index in [2.05, 4.69) is 15.2 Å². The van der Waals surface area contributed by atoms with E-state index in [0.717, 1.165) is 23.1 Å². The number of aromatic nitrogens is 3. The van der Waals surface area contributed by atoms with Gasteiger partial charge in [0.1, 0.15) is 10.7 Å². The minimum atomic E-state index is -2.88. The number of nitrogens with zero attached hydrogens (tertiary/aromatic N) is 2. The highest BCUT2D eigenvalue weighted by Crippen LogP contribution is 2.34. The number of rotatable bonds is 4. The monoisotopic (exact) mass is 331 g/mol. The molecule has 0 spiro atoms. The first-order valence-corrected chi connectivity index (χ1v) is 7.88. The first-order valence-electron chi connectivity index (χ1n) is 7.06. The molecule has 0 saturated carbocycles. The van der Waals surface area contributed by atoms with Crippen molar-refractivity contribution in [2.45, 2.75) is 29.7 Å². The lowest BCUT2D eigenvalue weighted by Crippen LogP contribution is -2.07. The van der Waals surface area contributed by atoms with Crippen molar-refractivity contribution in [3.8, 4) is 11.3 Å². The van der Waals surface area contributed by atoms with E-state index in [1.807, 2.05) is 31.2 Å². The van der Waals surface area contributed by atoms with E-state index in [-0.39, 0.29) is 5.56 Å². The topological polar surface area (TPSA) is 41.6 Å². The van der Waals surface area contributed by atoms with Crippen molar-refractivity contribution in [3.05, 3.63) is 59.9 Å². The number of hydrogen-bond donors (Lipinski definition) is 1. The Hall–Kier alpha value is -2.21. The molecule has 118 valence electrons. The summed E-state index contributed by atoms with van der Waals surface area (Å²) in [6.45, 7) is 2.89. The van der Waals surface area contributed by atoms with Crippen LogP contribution in [0.25, 0.3) is 11.3 Å². The number of aromatic amines is 1. The van der Waals surface area contributed by atoms with E-state index in [0.29, 0.717) is 5.03 Å². The molecular formula is C17H15F2N3S. The highest BCUT2D eigenvalue weighted by atomic mass is 32.2. The number of nitrogens with one attached hydrogen (secondary N) is 1. The molecule has 0 saturated heterocycles. The maximum atomic E-state index is 13.2. The molecule has 0 radical (unpaired) electrons. The summed E-state index contributed by atoms with van der Waals surface area (Å²) in [6.07, 6.45) is 3.00. The third-order valence-electron chi connectivity index (χ3n) is 3.39. The smallest absolute Gasteiger partial charge is 0.272 e. The van der Waals surface area contributed by atoms with Crippen LogP contribution >= 0.6 is 11.8 Å². The molecule has 6 heteroatoms. The van der Waals surface area contributed by atoms with Gasteiger partial charge in [-0.1, -0.05) is 41.6 Å². The third kappa shape index (κ3) is 3.59. The van der Waals surface area contributed by atoms with Gasteiger partial charge in [0.15, 0.2) is 0 Å². The molecule has 2 aromatic heterocycles. The Labute approximate surface area is 137 Å². The van der Waals surface area contributed by atoms with Crippen molar-refractivity contribution in [3.63, 3.8) is 0 Å². The normalized spacial score (nSPS) is 11.7. The number of hydrogen-bond acceptors (Lipinski definition) is 3. The van der Waals surface area contributed by atoms with Crippen LogP contribution in [-0.2, 0) is 5.92 Å². The summed E-state index contributed by atoms with van der Waals surface area (Å²) in [7, 11) is 0. The zero-order valence-electron chi connectivity index (χ0n) is 12.7. The number of pyridine rings is 1. The Kier molecular flexibility index (Phi) is 4.17. The van der Waals surface area contributed by atoms with Gasteiger partial charge in [0.2, 0.25) is 0 Å². The van der Waals surface area contributed by atoms with E-state index in [4.69, 9.17) is 0 Å². The van der Waals surface area contributed by atoms with E-state index in [9.17, 15) is 8.78 Å². The van der Waals surface area contributed by atoms with Gasteiger partial charge in [-0.05, 0) is 19.1 Å². The molecule has 1 N–H and O–H groups in total. The summed E-state index contributed by atoms with van der Waals surface area (Å²) >= 11 is 1.39. The molecule has 0 amide bonds. The lowest BCUT2D eigenvalue weighted by molar-refractivity contribution is 0.0170. The molecule has 0 unspecified atom stereocenters. The number of H-pyrrole nitrogens is 1. The SMILES string of the molecule is Cc1ccc(-c2n[nH]cc2Sc2ccc(C(C)(F)F)cn2)cc1. The van der Waals surface area contributed by atoms with Gasteiger partial charge in [-0.3, -0.25) is 5.10 Å². The van der Waals surface area contributed by atoms with Gasteiger partial charge >= 0.3 is 0 Å². The quantitative estimate of drug-likeness (QED) is 0.728. The van der Waals surface area contributed by atoms with E-state index in [1.165, 1.54) is 29.6 Å². The molecular weight excluding hydrogens is 316 g/mol. The van der Waals surface area contributed by atoms with Gasteiger partial charge < -0.3 is 0 Å². The summed E-state index contributed by atoms with van der Waals surface area (Å²) < 4.78 is 26.4. The largest absolute Gasteiger partial charge is 0.284 e. The number of aryl methyl sites for hydroxylation is 1. The summed E-state index contributed by atoms with van der Waals surface area (Å²) in [5.74, 6) is -2.88. The highest BCUT2D eigenvalue weighted by Gasteiger charge is 2.24. The van der Waals surface area contributed by atoms with Crippen LogP contribution in [0.15, 0.2) is 58.7 Å². The summed E-state index contributed by atoms with van der Waals surface area (Å²) in [6, 6.07) is 11.1. The van der Waals surface area contributed by atoms with Crippen molar-refractivity contribution in [1.29, 1.82) is 0 Å². The van der Waals surface area contributed by atoms with Gasteiger partial charge in [0, 0.05) is 30.4 Å². The van der Waals surface area contributed by atoms with Crippen LogP contribution in [0.4, 0.5) is 8.78 Å². The molecule has 0 fully saturated rings. The lowest BCUT2D eigenvalue weighted by Gasteiger charge is -2.10. The average Bonchev–Trinajstić information content (AvgIpc) is 2.96. The molecule has 2 heterocycles. The standard InChI is InChI=1S/C17H15F2N3S/c1-11-3-5-12(6-4-11)16-14(10-21-22-16)23-15-8-7-13(9-20-15)17(2,18)19/h3-10H,1-2H3,(H,21,22). The second kappa shape index (κ2) is 6.12. The van der Waals surface area contributed by atoms with Gasteiger partial charge in [-0.25, -0.2) is 13.8 Å². The Bertz CT molecular complexity index is 790. The van der Waals surface area contributed by atoms with Gasteiger partial charge in [0.05, 0.1) is 4.90 Å². The maximum Gasteiger partial charge on any atom is 0.272 e. The molecule has 1 aromatic carbocycles. The van der Waals surface area contributed by atoms with Gasteiger partial charge in [-0.2, -0.15) is 5.10 Å². The Balaban J connectivity index is 1.84. The number of alkyl halides is 2. The molecule has 23 heavy (non-hydrogen) atoms. The zero-order valence-corrected chi connectivity index (χ0v) is 13.5. The molecule has 0 aliphatic heterocycles. The minimum Gasteiger partial charge on any atom is -0.284 e. The van der Waals surface area contributed by atoms with E-state index >= 15 is 0 Å². The second-order valence-electron chi connectivity index (χ2n) is 5.34. The van der Waals surface area contributed by atoms with Crippen molar-refractivity contribution >= 4 is 11.8 Å². The van der Waals surface area contributed by atoms with E-state index < -0.39 is 5.92 Å². The van der Waals surface area contributed by atoms with Crippen LogP contribution in [0.1, 0.15) is 18.1 Å². The number of halogens is 2. The fourth-order valence-electron chi connectivity index (χ4n) is 2.09. The molecule has 0 bridgehead atoms. The third-order valence-corrected chi connectivity index (χ3v) is 4.37. The van der Waals surface area contributed by atoms with Crippen molar-refractivity contribution in [2.75, 3.05) is 0 Å². The predicted molar refractivity (Wildman–Crippen MR) is 86.7 cm³/mol.